The van der Waals surface area contributed by atoms with Crippen molar-refractivity contribution in [1.29, 1.82) is 0 Å². The maximum absolute atomic E-state index is 12.6. The van der Waals surface area contributed by atoms with E-state index in [1.807, 2.05) is 0 Å². The Bertz CT molecular complexity index is 594. The van der Waals surface area contributed by atoms with Crippen LogP contribution in [0.4, 0.5) is 18.9 Å². The number of hydrogen-bond acceptors (Lipinski definition) is 3. The number of rotatable bonds is 2. The molecule has 0 aliphatic heterocycles. The van der Waals surface area contributed by atoms with Gasteiger partial charge in [-0.3, -0.25) is 4.79 Å². The fourth-order valence-corrected chi connectivity index (χ4v) is 1.98. The summed E-state index contributed by atoms with van der Waals surface area (Å²) in [7, 11) is 0. The zero-order chi connectivity index (χ0) is 14.0. The molecular formula is C12H9F3N2OS. The number of thiazole rings is 1. The monoisotopic (exact) mass is 286 g/mol. The number of hydrogen-bond donors (Lipinski definition) is 1. The summed E-state index contributed by atoms with van der Waals surface area (Å²) in [6.45, 7) is 1.62. The Balaban J connectivity index is 2.27. The lowest BCUT2D eigenvalue weighted by Gasteiger charge is -2.11. The Hall–Kier alpha value is -1.89. The summed E-state index contributed by atoms with van der Waals surface area (Å²) in [6.07, 6.45) is -4.44. The molecule has 2 aromatic rings. The number of carbonyl (C=O) groups excluding carboxylic acids is 1. The molecule has 1 N–H and O–H groups in total. The van der Waals surface area contributed by atoms with E-state index in [1.54, 1.807) is 6.92 Å². The number of nitrogens with zero attached hydrogens (tertiary/aromatic N) is 1. The van der Waals surface area contributed by atoms with Gasteiger partial charge in [0, 0.05) is 11.1 Å². The lowest BCUT2D eigenvalue weighted by atomic mass is 10.1. The highest BCUT2D eigenvalue weighted by molar-refractivity contribution is 7.07. The minimum absolute atomic E-state index is 0.132. The third-order valence-electron chi connectivity index (χ3n) is 2.48. The van der Waals surface area contributed by atoms with Crippen LogP contribution in [0, 0.1) is 6.92 Å². The quantitative estimate of drug-likeness (QED) is 0.914. The molecule has 100 valence electrons. The molecule has 19 heavy (non-hydrogen) atoms. The lowest BCUT2D eigenvalue weighted by Crippen LogP contribution is -2.14. The van der Waals surface area contributed by atoms with Gasteiger partial charge < -0.3 is 5.32 Å². The highest BCUT2D eigenvalue weighted by Crippen LogP contribution is 2.32. The Kier molecular flexibility index (Phi) is 3.57. The molecule has 0 radical (unpaired) electrons. The van der Waals surface area contributed by atoms with Crippen LogP contribution in [0.15, 0.2) is 29.1 Å². The first-order chi connectivity index (χ1) is 8.88. The highest BCUT2D eigenvalue weighted by Gasteiger charge is 2.31. The molecule has 1 aromatic heterocycles. The van der Waals surface area contributed by atoms with Crippen LogP contribution >= 0.6 is 11.3 Å². The normalized spacial score (nSPS) is 11.4. The van der Waals surface area contributed by atoms with Crippen molar-refractivity contribution < 1.29 is 18.0 Å². The Morgan fingerprint density at radius 2 is 2.11 bits per heavy atom. The van der Waals surface area contributed by atoms with E-state index in [0.29, 0.717) is 5.56 Å². The van der Waals surface area contributed by atoms with Gasteiger partial charge in [-0.05, 0) is 24.6 Å². The smallest absolute Gasteiger partial charge is 0.320 e. The van der Waals surface area contributed by atoms with Gasteiger partial charge in [-0.2, -0.15) is 13.2 Å². The van der Waals surface area contributed by atoms with Gasteiger partial charge in [0.2, 0.25) is 0 Å². The number of aromatic nitrogens is 1. The molecule has 1 amide bonds. The standard InChI is InChI=1S/C12H9F3N2OS/c1-7-2-3-8(12(13,14)15)4-9(7)17-11(18)10-5-19-6-16-10/h2-6H,1H3,(H,17,18). The van der Waals surface area contributed by atoms with Crippen molar-refractivity contribution in [2.45, 2.75) is 13.1 Å². The van der Waals surface area contributed by atoms with Crippen LogP contribution in [0.2, 0.25) is 0 Å². The lowest BCUT2D eigenvalue weighted by molar-refractivity contribution is -0.137. The SMILES string of the molecule is Cc1ccc(C(F)(F)F)cc1NC(=O)c1cscn1. The zero-order valence-corrected chi connectivity index (χ0v) is 10.6. The summed E-state index contributed by atoms with van der Waals surface area (Å²) in [5, 5.41) is 3.96. The first-order valence-electron chi connectivity index (χ1n) is 5.25. The fourth-order valence-electron chi connectivity index (χ4n) is 1.44. The summed E-state index contributed by atoms with van der Waals surface area (Å²) in [5.74, 6) is -0.524. The minimum atomic E-state index is -4.44. The number of amides is 1. The van der Waals surface area contributed by atoms with Gasteiger partial charge in [0.05, 0.1) is 11.1 Å². The number of halogens is 3. The summed E-state index contributed by atoms with van der Waals surface area (Å²) in [6, 6.07) is 3.22. The molecule has 0 fully saturated rings. The second-order valence-electron chi connectivity index (χ2n) is 3.86. The number of aryl methyl sites for hydroxylation is 1. The zero-order valence-electron chi connectivity index (χ0n) is 9.78. The van der Waals surface area contributed by atoms with Gasteiger partial charge >= 0.3 is 6.18 Å². The van der Waals surface area contributed by atoms with Crippen molar-refractivity contribution >= 4 is 22.9 Å². The summed E-state index contributed by atoms with van der Waals surface area (Å²) in [5.41, 5.74) is 1.55. The molecule has 7 heteroatoms. The van der Waals surface area contributed by atoms with Gasteiger partial charge in [0.15, 0.2) is 0 Å². The molecule has 0 unspecified atom stereocenters. The van der Waals surface area contributed by atoms with E-state index in [1.165, 1.54) is 28.3 Å². The Morgan fingerprint density at radius 1 is 1.37 bits per heavy atom. The molecule has 0 saturated carbocycles. The van der Waals surface area contributed by atoms with Gasteiger partial charge in [0.25, 0.3) is 5.91 Å². The maximum atomic E-state index is 12.6. The Morgan fingerprint density at radius 3 is 2.68 bits per heavy atom. The van der Waals surface area contributed by atoms with Crippen LogP contribution < -0.4 is 5.32 Å². The van der Waals surface area contributed by atoms with E-state index < -0.39 is 17.6 Å². The van der Waals surface area contributed by atoms with Crippen LogP contribution in [0.1, 0.15) is 21.6 Å². The van der Waals surface area contributed by atoms with E-state index in [2.05, 4.69) is 10.3 Å². The molecular weight excluding hydrogens is 277 g/mol. The molecule has 0 bridgehead atoms. The number of anilines is 1. The van der Waals surface area contributed by atoms with E-state index in [4.69, 9.17) is 0 Å². The average molecular weight is 286 g/mol. The van der Waals surface area contributed by atoms with Crippen molar-refractivity contribution in [1.82, 2.24) is 4.98 Å². The molecule has 0 spiro atoms. The van der Waals surface area contributed by atoms with E-state index in [0.717, 1.165) is 12.1 Å². The van der Waals surface area contributed by atoms with Crippen molar-refractivity contribution in [3.63, 3.8) is 0 Å². The summed E-state index contributed by atoms with van der Waals surface area (Å²) >= 11 is 1.24. The van der Waals surface area contributed by atoms with E-state index in [-0.39, 0.29) is 11.4 Å². The molecule has 0 aliphatic carbocycles. The largest absolute Gasteiger partial charge is 0.416 e. The maximum Gasteiger partial charge on any atom is 0.416 e. The van der Waals surface area contributed by atoms with E-state index in [9.17, 15) is 18.0 Å². The van der Waals surface area contributed by atoms with Crippen LogP contribution in [0.3, 0.4) is 0 Å². The predicted molar refractivity (Wildman–Crippen MR) is 66.2 cm³/mol. The van der Waals surface area contributed by atoms with Crippen molar-refractivity contribution in [2.24, 2.45) is 0 Å². The first kappa shape index (κ1) is 13.5. The van der Waals surface area contributed by atoms with Crippen LogP contribution in [0.25, 0.3) is 0 Å². The second kappa shape index (κ2) is 5.00. The fraction of sp³-hybridized carbons (Fsp3) is 0.167. The number of benzene rings is 1. The third kappa shape index (κ3) is 3.11. The minimum Gasteiger partial charge on any atom is -0.320 e. The van der Waals surface area contributed by atoms with Gasteiger partial charge in [-0.25, -0.2) is 4.98 Å². The van der Waals surface area contributed by atoms with Gasteiger partial charge in [-0.15, -0.1) is 11.3 Å². The topological polar surface area (TPSA) is 42.0 Å². The first-order valence-corrected chi connectivity index (χ1v) is 6.19. The van der Waals surface area contributed by atoms with Gasteiger partial charge in [0.1, 0.15) is 5.69 Å². The molecule has 1 aromatic carbocycles. The number of alkyl halides is 3. The van der Waals surface area contributed by atoms with Gasteiger partial charge in [-0.1, -0.05) is 6.07 Å². The molecule has 1 heterocycles. The third-order valence-corrected chi connectivity index (χ3v) is 3.06. The van der Waals surface area contributed by atoms with Crippen LogP contribution in [-0.4, -0.2) is 10.9 Å². The summed E-state index contributed by atoms with van der Waals surface area (Å²) < 4.78 is 37.8. The molecule has 2 rings (SSSR count). The molecule has 0 aliphatic rings. The predicted octanol–water partition coefficient (Wildman–Crippen LogP) is 3.72. The number of nitrogens with one attached hydrogen (secondary N) is 1. The van der Waals surface area contributed by atoms with Crippen molar-refractivity contribution in [3.8, 4) is 0 Å². The number of carbonyl (C=O) groups is 1. The molecule has 0 atom stereocenters. The summed E-state index contributed by atoms with van der Waals surface area (Å²) in [4.78, 5) is 15.5. The highest BCUT2D eigenvalue weighted by atomic mass is 32.1. The molecule has 3 nitrogen and oxygen atoms in total. The Labute approximate surface area is 111 Å². The van der Waals surface area contributed by atoms with Crippen LogP contribution in [-0.2, 0) is 6.18 Å². The van der Waals surface area contributed by atoms with Crippen molar-refractivity contribution in [3.05, 3.63) is 45.9 Å². The average Bonchev–Trinajstić information content (AvgIpc) is 2.84. The van der Waals surface area contributed by atoms with Crippen LogP contribution in [0.5, 0.6) is 0 Å². The molecule has 0 saturated heterocycles. The van der Waals surface area contributed by atoms with Crippen molar-refractivity contribution in [2.75, 3.05) is 5.32 Å². The second-order valence-corrected chi connectivity index (χ2v) is 4.57. The van der Waals surface area contributed by atoms with E-state index >= 15 is 0 Å².